The maximum absolute atomic E-state index is 10.2. The van der Waals surface area contributed by atoms with Crippen LogP contribution in [0, 0.1) is 12.3 Å². The van der Waals surface area contributed by atoms with Crippen LogP contribution in [0.3, 0.4) is 0 Å². The Morgan fingerprint density at radius 3 is 2.12 bits per heavy atom. The van der Waals surface area contributed by atoms with Crippen LogP contribution in [0.5, 0.6) is 0 Å². The second-order valence-corrected chi connectivity index (χ2v) is 2.56. The van der Waals surface area contributed by atoms with Gasteiger partial charge in [-0.1, -0.05) is 12.8 Å². The lowest BCUT2D eigenvalue weighted by atomic mass is 9.91. The summed E-state index contributed by atoms with van der Waals surface area (Å²) in [5.41, 5.74) is -0.444. The number of carbonyl (C=O) groups is 1. The van der Waals surface area contributed by atoms with Crippen molar-refractivity contribution in [2.24, 2.45) is 5.41 Å². The lowest BCUT2D eigenvalue weighted by Crippen LogP contribution is -2.11. The van der Waals surface area contributed by atoms with E-state index in [4.69, 9.17) is 6.92 Å². The first-order chi connectivity index (χ1) is 3.77. The first-order valence-corrected chi connectivity index (χ1v) is 3.02. The summed E-state index contributed by atoms with van der Waals surface area (Å²) in [6.45, 7) is 5.59. The van der Waals surface area contributed by atoms with Crippen molar-refractivity contribution in [2.75, 3.05) is 0 Å². The van der Waals surface area contributed by atoms with Crippen LogP contribution in [0.4, 0.5) is 0 Å². The number of hydrogen-bond acceptors (Lipinski definition) is 1. The molecule has 1 aliphatic rings. The van der Waals surface area contributed by atoms with Gasteiger partial charge in [-0.2, -0.15) is 0 Å². The molecule has 0 heterocycles. The van der Waals surface area contributed by atoms with Gasteiger partial charge < -0.3 is 4.79 Å². The first kappa shape index (κ1) is 5.80. The summed E-state index contributed by atoms with van der Waals surface area (Å²) in [5, 5.41) is 0. The van der Waals surface area contributed by atoms with E-state index in [0.29, 0.717) is 0 Å². The highest BCUT2D eigenvalue weighted by Gasteiger charge is 2.27. The van der Waals surface area contributed by atoms with Crippen LogP contribution in [0.25, 0.3) is 0 Å². The van der Waals surface area contributed by atoms with Crippen molar-refractivity contribution in [3.05, 3.63) is 6.92 Å². The fourth-order valence-electron chi connectivity index (χ4n) is 1.15. The van der Waals surface area contributed by atoms with Gasteiger partial charge >= 0.3 is 0 Å². The Morgan fingerprint density at radius 2 is 1.88 bits per heavy atom. The minimum Gasteiger partial charge on any atom is -0.303 e. The summed E-state index contributed by atoms with van der Waals surface area (Å²) >= 11 is 0. The Balaban J connectivity index is 2.52. The van der Waals surface area contributed by atoms with Crippen molar-refractivity contribution in [2.45, 2.75) is 25.7 Å². The molecule has 1 aliphatic carbocycles. The van der Waals surface area contributed by atoms with E-state index in [0.717, 1.165) is 32.0 Å². The van der Waals surface area contributed by atoms with E-state index < -0.39 is 5.41 Å². The molecule has 1 saturated carbocycles. The van der Waals surface area contributed by atoms with E-state index >= 15 is 0 Å². The van der Waals surface area contributed by atoms with Gasteiger partial charge in [0, 0.05) is 5.41 Å². The molecule has 0 unspecified atom stereocenters. The molecule has 1 heteroatoms. The molecular formula is C7H10O. The van der Waals surface area contributed by atoms with Crippen LogP contribution >= 0.6 is 0 Å². The number of carbonyl (C=O) groups excluding carboxylic acids is 1. The van der Waals surface area contributed by atoms with Gasteiger partial charge in [0.05, 0.1) is 0 Å². The van der Waals surface area contributed by atoms with Crippen molar-refractivity contribution in [3.63, 3.8) is 0 Å². The normalized spacial score (nSPS) is 25.6. The Kier molecular flexibility index (Phi) is 1.37. The molecule has 0 atom stereocenters. The van der Waals surface area contributed by atoms with Gasteiger partial charge in [0.15, 0.2) is 0 Å². The first-order valence-electron chi connectivity index (χ1n) is 3.02. The highest BCUT2D eigenvalue weighted by atomic mass is 16.1. The monoisotopic (exact) mass is 110 g/mol. The van der Waals surface area contributed by atoms with Gasteiger partial charge in [-0.25, -0.2) is 0 Å². The highest BCUT2D eigenvalue weighted by molar-refractivity contribution is 5.60. The van der Waals surface area contributed by atoms with Crippen LogP contribution in [0.15, 0.2) is 0 Å². The van der Waals surface area contributed by atoms with Crippen molar-refractivity contribution in [1.82, 2.24) is 0 Å². The summed E-state index contributed by atoms with van der Waals surface area (Å²) in [6, 6.07) is 0. The van der Waals surface area contributed by atoms with Gasteiger partial charge in [-0.3, -0.25) is 0 Å². The van der Waals surface area contributed by atoms with Crippen molar-refractivity contribution < 1.29 is 4.79 Å². The molecule has 0 aromatic rings. The summed E-state index contributed by atoms with van der Waals surface area (Å²) in [7, 11) is 0. The summed E-state index contributed by atoms with van der Waals surface area (Å²) < 4.78 is 0. The minimum absolute atomic E-state index is 0.444. The van der Waals surface area contributed by atoms with Gasteiger partial charge in [0.2, 0.25) is 0 Å². The Hall–Kier alpha value is -0.330. The number of rotatable bonds is 1. The smallest absolute Gasteiger partial charge is 0.126 e. The molecule has 0 aliphatic heterocycles. The van der Waals surface area contributed by atoms with Gasteiger partial charge in [0.25, 0.3) is 0 Å². The molecule has 0 bridgehead atoms. The standard InChI is InChI=1S/C7H10O/c1-7(6-8)4-2-3-5-7/h1,6H,2-5H2. The van der Waals surface area contributed by atoms with Crippen molar-refractivity contribution >= 4 is 6.29 Å². The second-order valence-electron chi connectivity index (χ2n) is 2.56. The number of hydrogen-bond donors (Lipinski definition) is 0. The van der Waals surface area contributed by atoms with Gasteiger partial charge in [0.1, 0.15) is 6.29 Å². The predicted octanol–water partition coefficient (Wildman–Crippen LogP) is 1.46. The third-order valence-corrected chi connectivity index (χ3v) is 1.77. The molecule has 0 aromatic heterocycles. The molecule has 0 amide bonds. The van der Waals surface area contributed by atoms with E-state index in [1.807, 2.05) is 0 Å². The molecular weight excluding hydrogens is 100 g/mol. The fourth-order valence-corrected chi connectivity index (χ4v) is 1.15. The maximum Gasteiger partial charge on any atom is 0.126 e. The quantitative estimate of drug-likeness (QED) is 0.467. The lowest BCUT2D eigenvalue weighted by molar-refractivity contribution is -0.113. The molecule has 0 N–H and O–H groups in total. The molecule has 2 radical (unpaired) electrons. The van der Waals surface area contributed by atoms with E-state index in [2.05, 4.69) is 0 Å². The minimum atomic E-state index is -0.444. The maximum atomic E-state index is 10.2. The van der Waals surface area contributed by atoms with Crippen LogP contribution < -0.4 is 0 Å². The third-order valence-electron chi connectivity index (χ3n) is 1.77. The van der Waals surface area contributed by atoms with Crippen molar-refractivity contribution in [1.29, 1.82) is 0 Å². The summed E-state index contributed by atoms with van der Waals surface area (Å²) in [5.74, 6) is 0. The van der Waals surface area contributed by atoms with Crippen LogP contribution in [-0.4, -0.2) is 6.29 Å². The SMILES string of the molecule is [CH]C1(C=O)CCCC1. The zero-order chi connectivity index (χ0) is 6.04. The highest BCUT2D eigenvalue weighted by Crippen LogP contribution is 2.34. The van der Waals surface area contributed by atoms with E-state index in [1.54, 1.807) is 0 Å². The molecule has 0 saturated heterocycles. The van der Waals surface area contributed by atoms with E-state index in [9.17, 15) is 4.79 Å². The van der Waals surface area contributed by atoms with Crippen LogP contribution in [0.2, 0.25) is 0 Å². The Bertz CT molecular complexity index is 90.6. The molecule has 1 nitrogen and oxygen atoms in total. The lowest BCUT2D eigenvalue weighted by Gasteiger charge is -2.11. The van der Waals surface area contributed by atoms with E-state index in [1.165, 1.54) is 0 Å². The fraction of sp³-hybridized carbons (Fsp3) is 0.714. The topological polar surface area (TPSA) is 17.1 Å². The second kappa shape index (κ2) is 1.88. The zero-order valence-corrected chi connectivity index (χ0v) is 4.89. The van der Waals surface area contributed by atoms with Gasteiger partial charge in [-0.15, -0.1) is 0 Å². The average Bonchev–Trinajstić information content (AvgIpc) is 2.17. The summed E-state index contributed by atoms with van der Waals surface area (Å²) in [4.78, 5) is 10.2. The van der Waals surface area contributed by atoms with Gasteiger partial charge in [-0.05, 0) is 19.8 Å². The third kappa shape index (κ3) is 0.908. The molecule has 8 heavy (non-hydrogen) atoms. The largest absolute Gasteiger partial charge is 0.303 e. The average molecular weight is 110 g/mol. The molecule has 0 aromatic carbocycles. The predicted molar refractivity (Wildman–Crippen MR) is 31.3 cm³/mol. The number of aldehydes is 1. The van der Waals surface area contributed by atoms with E-state index in [-0.39, 0.29) is 0 Å². The zero-order valence-electron chi connectivity index (χ0n) is 4.89. The molecule has 1 rings (SSSR count). The summed E-state index contributed by atoms with van der Waals surface area (Å²) in [6.07, 6.45) is 4.90. The molecule has 1 fully saturated rings. The van der Waals surface area contributed by atoms with Crippen molar-refractivity contribution in [3.8, 4) is 0 Å². The van der Waals surface area contributed by atoms with Crippen LogP contribution in [0.1, 0.15) is 25.7 Å². The Morgan fingerprint density at radius 1 is 1.38 bits per heavy atom. The molecule has 0 spiro atoms. The molecule has 44 valence electrons. The Labute approximate surface area is 50.1 Å². The van der Waals surface area contributed by atoms with Crippen LogP contribution in [-0.2, 0) is 4.79 Å².